The first-order valence-electron chi connectivity index (χ1n) is 9.61. The average molecular weight is 374 g/mol. The van der Waals surface area contributed by atoms with Crippen LogP contribution in [0.15, 0.2) is 84.9 Å². The molecule has 0 spiro atoms. The fourth-order valence-corrected chi connectivity index (χ4v) is 3.00. The molecule has 0 fully saturated rings. The van der Waals surface area contributed by atoms with Crippen molar-refractivity contribution in [2.24, 2.45) is 0 Å². The summed E-state index contributed by atoms with van der Waals surface area (Å²) in [7, 11) is 0. The minimum absolute atomic E-state index is 0.00171. The van der Waals surface area contributed by atoms with E-state index < -0.39 is 0 Å². The Hall–Kier alpha value is -3.27. The number of hydrogen-bond donors (Lipinski definition) is 1. The summed E-state index contributed by atoms with van der Waals surface area (Å²) in [6.45, 7) is 3.98. The molecule has 0 aliphatic heterocycles. The monoisotopic (exact) mass is 374 g/mol. The van der Waals surface area contributed by atoms with Gasteiger partial charge in [0.25, 0.3) is 0 Å². The van der Waals surface area contributed by atoms with Crippen molar-refractivity contribution >= 4 is 17.3 Å². The van der Waals surface area contributed by atoms with Crippen molar-refractivity contribution in [3.63, 3.8) is 0 Å². The third kappa shape index (κ3) is 5.88. The zero-order valence-electron chi connectivity index (χ0n) is 16.2. The molecule has 0 heterocycles. The fourth-order valence-electron chi connectivity index (χ4n) is 3.00. The van der Waals surface area contributed by atoms with E-state index in [4.69, 9.17) is 4.74 Å². The molecule has 144 valence electrons. The van der Waals surface area contributed by atoms with Gasteiger partial charge in [-0.1, -0.05) is 48.5 Å². The second-order valence-corrected chi connectivity index (χ2v) is 6.50. The summed E-state index contributed by atoms with van der Waals surface area (Å²) in [5.74, 6) is 0.803. The summed E-state index contributed by atoms with van der Waals surface area (Å²) < 4.78 is 5.43. The molecule has 0 saturated heterocycles. The van der Waals surface area contributed by atoms with Crippen molar-refractivity contribution in [2.75, 3.05) is 23.4 Å². The minimum Gasteiger partial charge on any atom is -0.494 e. The summed E-state index contributed by atoms with van der Waals surface area (Å²) >= 11 is 0. The van der Waals surface area contributed by atoms with Crippen LogP contribution in [-0.2, 0) is 11.3 Å². The maximum Gasteiger partial charge on any atom is 0.226 e. The van der Waals surface area contributed by atoms with Crippen molar-refractivity contribution in [1.29, 1.82) is 0 Å². The highest BCUT2D eigenvalue weighted by atomic mass is 16.5. The van der Waals surface area contributed by atoms with Gasteiger partial charge in [0.05, 0.1) is 6.61 Å². The Morgan fingerprint density at radius 3 is 2.18 bits per heavy atom. The largest absolute Gasteiger partial charge is 0.494 e. The van der Waals surface area contributed by atoms with E-state index in [1.165, 1.54) is 5.56 Å². The Morgan fingerprint density at radius 1 is 0.893 bits per heavy atom. The number of para-hydroxylation sites is 1. The molecule has 4 heteroatoms. The molecule has 1 N–H and O–H groups in total. The van der Waals surface area contributed by atoms with Gasteiger partial charge in [-0.2, -0.15) is 0 Å². The number of ether oxygens (including phenoxy) is 1. The second-order valence-electron chi connectivity index (χ2n) is 6.50. The van der Waals surface area contributed by atoms with E-state index in [9.17, 15) is 4.79 Å². The van der Waals surface area contributed by atoms with Crippen LogP contribution in [0.3, 0.4) is 0 Å². The van der Waals surface area contributed by atoms with Gasteiger partial charge in [0.2, 0.25) is 5.91 Å². The summed E-state index contributed by atoms with van der Waals surface area (Å²) in [4.78, 5) is 14.7. The van der Waals surface area contributed by atoms with Crippen LogP contribution in [0.1, 0.15) is 18.9 Å². The Morgan fingerprint density at radius 2 is 1.54 bits per heavy atom. The maximum absolute atomic E-state index is 12.4. The second kappa shape index (κ2) is 10.2. The third-order valence-electron chi connectivity index (χ3n) is 4.40. The number of anilines is 2. The SMILES string of the molecule is CCOc1ccc(NC(=O)CCN(Cc2ccccc2)c2ccccc2)cc1. The summed E-state index contributed by atoms with van der Waals surface area (Å²) in [6.07, 6.45) is 0.412. The zero-order valence-corrected chi connectivity index (χ0v) is 16.2. The van der Waals surface area contributed by atoms with E-state index in [2.05, 4.69) is 34.5 Å². The molecule has 0 bridgehead atoms. The lowest BCUT2D eigenvalue weighted by atomic mass is 10.2. The van der Waals surface area contributed by atoms with Crippen LogP contribution >= 0.6 is 0 Å². The third-order valence-corrected chi connectivity index (χ3v) is 4.40. The van der Waals surface area contributed by atoms with Crippen molar-refractivity contribution < 1.29 is 9.53 Å². The van der Waals surface area contributed by atoms with Crippen LogP contribution in [0.5, 0.6) is 5.75 Å². The van der Waals surface area contributed by atoms with Gasteiger partial charge in [-0.15, -0.1) is 0 Å². The topological polar surface area (TPSA) is 41.6 Å². The first kappa shape index (κ1) is 19.5. The molecule has 3 rings (SSSR count). The Bertz CT molecular complexity index is 849. The van der Waals surface area contributed by atoms with E-state index in [0.29, 0.717) is 19.6 Å². The van der Waals surface area contributed by atoms with E-state index in [0.717, 1.165) is 23.7 Å². The standard InChI is InChI=1S/C24H26N2O2/c1-2-28-23-15-13-21(14-16-23)25-24(27)17-18-26(22-11-7-4-8-12-22)19-20-9-5-3-6-10-20/h3-16H,2,17-19H2,1H3,(H,25,27). The lowest BCUT2D eigenvalue weighted by Crippen LogP contribution is -2.27. The molecule has 0 aliphatic rings. The molecule has 0 atom stereocenters. The highest BCUT2D eigenvalue weighted by Crippen LogP contribution is 2.18. The van der Waals surface area contributed by atoms with E-state index >= 15 is 0 Å². The van der Waals surface area contributed by atoms with Crippen LogP contribution in [0.25, 0.3) is 0 Å². The molecule has 0 saturated carbocycles. The first-order valence-corrected chi connectivity index (χ1v) is 9.61. The van der Waals surface area contributed by atoms with Crippen molar-refractivity contribution in [3.8, 4) is 5.75 Å². The van der Waals surface area contributed by atoms with Crippen molar-refractivity contribution in [2.45, 2.75) is 19.9 Å². The summed E-state index contributed by atoms with van der Waals surface area (Å²) in [5, 5.41) is 2.96. The van der Waals surface area contributed by atoms with E-state index in [-0.39, 0.29) is 5.91 Å². The smallest absolute Gasteiger partial charge is 0.226 e. The number of carbonyl (C=O) groups excluding carboxylic acids is 1. The van der Waals surface area contributed by atoms with Gasteiger partial charge < -0.3 is 15.0 Å². The van der Waals surface area contributed by atoms with Gasteiger partial charge in [-0.05, 0) is 48.9 Å². The van der Waals surface area contributed by atoms with E-state index in [1.807, 2.05) is 67.6 Å². The highest BCUT2D eigenvalue weighted by Gasteiger charge is 2.10. The molecule has 0 aliphatic carbocycles. The summed E-state index contributed by atoms with van der Waals surface area (Å²) in [6, 6.07) is 28.0. The van der Waals surface area contributed by atoms with E-state index in [1.54, 1.807) is 0 Å². The number of carbonyl (C=O) groups is 1. The van der Waals surface area contributed by atoms with Gasteiger partial charge in [0, 0.05) is 30.9 Å². The van der Waals surface area contributed by atoms with Gasteiger partial charge >= 0.3 is 0 Å². The predicted octanol–water partition coefficient (Wildman–Crippen LogP) is 5.12. The highest BCUT2D eigenvalue weighted by molar-refractivity contribution is 5.91. The first-order chi connectivity index (χ1) is 13.7. The number of nitrogens with zero attached hydrogens (tertiary/aromatic N) is 1. The average Bonchev–Trinajstić information content (AvgIpc) is 2.74. The lowest BCUT2D eigenvalue weighted by molar-refractivity contribution is -0.116. The van der Waals surface area contributed by atoms with Gasteiger partial charge in [0.15, 0.2) is 0 Å². The Labute approximate surface area is 166 Å². The maximum atomic E-state index is 12.4. The predicted molar refractivity (Wildman–Crippen MR) is 115 cm³/mol. The van der Waals surface area contributed by atoms with Crippen LogP contribution < -0.4 is 15.0 Å². The molecule has 3 aromatic carbocycles. The van der Waals surface area contributed by atoms with Crippen LogP contribution in [0.4, 0.5) is 11.4 Å². The molecule has 0 aromatic heterocycles. The van der Waals surface area contributed by atoms with Crippen LogP contribution in [-0.4, -0.2) is 19.1 Å². The Balaban J connectivity index is 1.60. The van der Waals surface area contributed by atoms with Crippen molar-refractivity contribution in [1.82, 2.24) is 0 Å². The molecule has 1 amide bonds. The van der Waals surface area contributed by atoms with Gasteiger partial charge in [0.1, 0.15) is 5.75 Å². The molecule has 0 unspecified atom stereocenters. The molecule has 0 radical (unpaired) electrons. The van der Waals surface area contributed by atoms with Crippen LogP contribution in [0, 0.1) is 0 Å². The molecular formula is C24H26N2O2. The molecule has 28 heavy (non-hydrogen) atoms. The van der Waals surface area contributed by atoms with Gasteiger partial charge in [-0.3, -0.25) is 4.79 Å². The Kier molecular flexibility index (Phi) is 7.08. The number of amides is 1. The van der Waals surface area contributed by atoms with Gasteiger partial charge in [-0.25, -0.2) is 0 Å². The fraction of sp³-hybridized carbons (Fsp3) is 0.208. The number of hydrogen-bond acceptors (Lipinski definition) is 3. The van der Waals surface area contributed by atoms with Crippen molar-refractivity contribution in [3.05, 3.63) is 90.5 Å². The lowest BCUT2D eigenvalue weighted by Gasteiger charge is -2.25. The molecule has 3 aromatic rings. The summed E-state index contributed by atoms with van der Waals surface area (Å²) in [5.41, 5.74) is 3.11. The number of benzene rings is 3. The quantitative estimate of drug-likeness (QED) is 0.565. The minimum atomic E-state index is -0.00171. The molecule has 4 nitrogen and oxygen atoms in total. The normalized spacial score (nSPS) is 10.3. The molecular weight excluding hydrogens is 348 g/mol. The number of rotatable bonds is 9. The zero-order chi connectivity index (χ0) is 19.6. The number of nitrogens with one attached hydrogen (secondary N) is 1. The van der Waals surface area contributed by atoms with Crippen LogP contribution in [0.2, 0.25) is 0 Å².